The number of aliphatic hydroxyl groups is 1. The number of hydrogen-bond acceptors (Lipinski definition) is 2. The maximum absolute atomic E-state index is 10.1. The van der Waals surface area contributed by atoms with Crippen LogP contribution in [0.2, 0.25) is 0 Å². The van der Waals surface area contributed by atoms with E-state index in [4.69, 9.17) is 0 Å². The van der Waals surface area contributed by atoms with E-state index in [0.717, 1.165) is 18.4 Å². The summed E-state index contributed by atoms with van der Waals surface area (Å²) in [6.07, 6.45) is 1.83. The minimum Gasteiger partial charge on any atom is -0.388 e. The summed E-state index contributed by atoms with van der Waals surface area (Å²) >= 11 is 1.67. The number of hydrogen-bond donors (Lipinski definition) is 1. The molecule has 0 aliphatic rings. The number of aryl methyl sites for hydroxylation is 1. The second kappa shape index (κ2) is 4.77. The Morgan fingerprint density at radius 2 is 1.92 bits per heavy atom. The molecular formula is C11H18OS. The van der Waals surface area contributed by atoms with Crippen molar-refractivity contribution >= 4 is 11.3 Å². The Bertz CT molecular complexity index is 250. The summed E-state index contributed by atoms with van der Waals surface area (Å²) in [5.74, 6) is 0.410. The molecule has 0 fully saturated rings. The largest absolute Gasteiger partial charge is 0.388 e. The number of rotatable bonds is 4. The Labute approximate surface area is 84.4 Å². The van der Waals surface area contributed by atoms with Gasteiger partial charge in [-0.3, -0.25) is 0 Å². The van der Waals surface area contributed by atoms with Crippen molar-refractivity contribution in [1.82, 2.24) is 0 Å². The zero-order valence-electron chi connectivity index (χ0n) is 8.58. The molecule has 1 rings (SSSR count). The first-order chi connectivity index (χ1) is 6.20. The molecule has 0 saturated heterocycles. The molecule has 0 aliphatic carbocycles. The van der Waals surface area contributed by atoms with E-state index in [1.165, 1.54) is 5.56 Å². The van der Waals surface area contributed by atoms with E-state index in [1.807, 2.05) is 0 Å². The second-order valence-corrected chi connectivity index (χ2v) is 4.28. The van der Waals surface area contributed by atoms with Gasteiger partial charge in [-0.15, -0.1) is 0 Å². The lowest BCUT2D eigenvalue weighted by Crippen LogP contribution is -2.10. The van der Waals surface area contributed by atoms with E-state index >= 15 is 0 Å². The average molecular weight is 198 g/mol. The molecule has 0 aliphatic heterocycles. The predicted octanol–water partition coefficient (Wildman–Crippen LogP) is 3.53. The van der Waals surface area contributed by atoms with Crippen LogP contribution in [0.4, 0.5) is 0 Å². The lowest BCUT2D eigenvalue weighted by molar-refractivity contribution is 0.103. The van der Waals surface area contributed by atoms with Gasteiger partial charge < -0.3 is 5.11 Å². The molecule has 1 N–H and O–H groups in total. The predicted molar refractivity (Wildman–Crippen MR) is 58.1 cm³/mol. The van der Waals surface area contributed by atoms with Crippen molar-refractivity contribution in [2.75, 3.05) is 0 Å². The standard InChI is InChI=1S/C11H18OS/c1-4-9(5-2)11(12)10-7-13-6-8(10)3/h6-7,9,11-12H,4-5H2,1-3H3. The molecule has 1 atom stereocenters. The highest BCUT2D eigenvalue weighted by atomic mass is 32.1. The van der Waals surface area contributed by atoms with Crippen LogP contribution < -0.4 is 0 Å². The highest BCUT2D eigenvalue weighted by Crippen LogP contribution is 2.30. The fraction of sp³-hybridized carbons (Fsp3) is 0.636. The van der Waals surface area contributed by atoms with Crippen LogP contribution in [-0.4, -0.2) is 5.11 Å². The van der Waals surface area contributed by atoms with E-state index < -0.39 is 0 Å². The first-order valence-corrected chi connectivity index (χ1v) is 5.85. The van der Waals surface area contributed by atoms with Crippen molar-refractivity contribution in [1.29, 1.82) is 0 Å². The van der Waals surface area contributed by atoms with Gasteiger partial charge in [0.1, 0.15) is 0 Å². The smallest absolute Gasteiger partial charge is 0.0828 e. The SMILES string of the molecule is CCC(CC)C(O)c1cscc1C. The number of thiophene rings is 1. The molecule has 0 spiro atoms. The van der Waals surface area contributed by atoms with Crippen LogP contribution in [0.5, 0.6) is 0 Å². The summed E-state index contributed by atoms with van der Waals surface area (Å²) in [4.78, 5) is 0. The van der Waals surface area contributed by atoms with Gasteiger partial charge in [-0.05, 0) is 34.7 Å². The van der Waals surface area contributed by atoms with Crippen LogP contribution in [-0.2, 0) is 0 Å². The van der Waals surface area contributed by atoms with Gasteiger partial charge in [-0.1, -0.05) is 26.7 Å². The molecule has 13 heavy (non-hydrogen) atoms. The molecule has 0 amide bonds. The fourth-order valence-corrected chi connectivity index (χ4v) is 2.54. The number of aliphatic hydroxyl groups excluding tert-OH is 1. The molecule has 1 heterocycles. The van der Waals surface area contributed by atoms with Gasteiger partial charge in [0.05, 0.1) is 6.10 Å². The van der Waals surface area contributed by atoms with Crippen LogP contribution in [0, 0.1) is 12.8 Å². The topological polar surface area (TPSA) is 20.2 Å². The first kappa shape index (κ1) is 10.7. The Kier molecular flexibility index (Phi) is 3.94. The van der Waals surface area contributed by atoms with E-state index in [9.17, 15) is 5.11 Å². The third-order valence-corrected chi connectivity index (χ3v) is 3.59. The Balaban J connectivity index is 2.77. The summed E-state index contributed by atoms with van der Waals surface area (Å²) < 4.78 is 0. The van der Waals surface area contributed by atoms with Crippen LogP contribution in [0.1, 0.15) is 43.9 Å². The molecule has 0 saturated carbocycles. The van der Waals surface area contributed by atoms with Crippen molar-refractivity contribution in [3.8, 4) is 0 Å². The van der Waals surface area contributed by atoms with Crippen LogP contribution in [0.15, 0.2) is 10.8 Å². The van der Waals surface area contributed by atoms with Gasteiger partial charge in [0.15, 0.2) is 0 Å². The second-order valence-electron chi connectivity index (χ2n) is 3.53. The van der Waals surface area contributed by atoms with Crippen molar-refractivity contribution in [3.63, 3.8) is 0 Å². The third kappa shape index (κ3) is 2.32. The lowest BCUT2D eigenvalue weighted by Gasteiger charge is -2.19. The maximum atomic E-state index is 10.1. The molecule has 0 aromatic carbocycles. The van der Waals surface area contributed by atoms with Gasteiger partial charge in [-0.2, -0.15) is 11.3 Å². The molecule has 1 unspecified atom stereocenters. The van der Waals surface area contributed by atoms with Gasteiger partial charge >= 0.3 is 0 Å². The quantitative estimate of drug-likeness (QED) is 0.784. The molecule has 0 radical (unpaired) electrons. The lowest BCUT2D eigenvalue weighted by atomic mass is 9.91. The summed E-state index contributed by atoms with van der Waals surface area (Å²) in [5, 5.41) is 14.2. The highest BCUT2D eigenvalue weighted by Gasteiger charge is 2.19. The van der Waals surface area contributed by atoms with Crippen molar-refractivity contribution in [2.45, 2.75) is 39.7 Å². The summed E-state index contributed by atoms with van der Waals surface area (Å²) in [5.41, 5.74) is 2.35. The Hall–Kier alpha value is -0.340. The fourth-order valence-electron chi connectivity index (χ4n) is 1.66. The summed E-state index contributed by atoms with van der Waals surface area (Å²) in [7, 11) is 0. The van der Waals surface area contributed by atoms with Gasteiger partial charge in [-0.25, -0.2) is 0 Å². The summed E-state index contributed by atoms with van der Waals surface area (Å²) in [6, 6.07) is 0. The maximum Gasteiger partial charge on any atom is 0.0828 e. The first-order valence-electron chi connectivity index (χ1n) is 4.91. The zero-order valence-corrected chi connectivity index (χ0v) is 9.40. The minimum absolute atomic E-state index is 0.263. The van der Waals surface area contributed by atoms with Crippen LogP contribution in [0.25, 0.3) is 0 Å². The Morgan fingerprint density at radius 1 is 1.31 bits per heavy atom. The third-order valence-electron chi connectivity index (χ3n) is 2.71. The van der Waals surface area contributed by atoms with Gasteiger partial charge in [0.2, 0.25) is 0 Å². The summed E-state index contributed by atoms with van der Waals surface area (Å²) in [6.45, 7) is 6.34. The highest BCUT2D eigenvalue weighted by molar-refractivity contribution is 7.08. The van der Waals surface area contributed by atoms with E-state index in [1.54, 1.807) is 11.3 Å². The zero-order chi connectivity index (χ0) is 9.84. The van der Waals surface area contributed by atoms with Crippen molar-refractivity contribution < 1.29 is 5.11 Å². The van der Waals surface area contributed by atoms with Crippen LogP contribution >= 0.6 is 11.3 Å². The van der Waals surface area contributed by atoms with E-state index in [2.05, 4.69) is 31.5 Å². The molecule has 2 heteroatoms. The average Bonchev–Trinajstić information content (AvgIpc) is 2.53. The molecule has 1 nitrogen and oxygen atoms in total. The molecule has 74 valence electrons. The van der Waals surface area contributed by atoms with Gasteiger partial charge in [0.25, 0.3) is 0 Å². The molecule has 0 bridgehead atoms. The van der Waals surface area contributed by atoms with E-state index in [-0.39, 0.29) is 6.10 Å². The van der Waals surface area contributed by atoms with E-state index in [0.29, 0.717) is 5.92 Å². The molecule has 1 aromatic heterocycles. The normalized spacial score (nSPS) is 13.6. The molecule has 1 aromatic rings. The van der Waals surface area contributed by atoms with Gasteiger partial charge in [0, 0.05) is 0 Å². The monoisotopic (exact) mass is 198 g/mol. The van der Waals surface area contributed by atoms with Crippen molar-refractivity contribution in [3.05, 3.63) is 21.9 Å². The minimum atomic E-state index is -0.263. The molecular weight excluding hydrogens is 180 g/mol. The van der Waals surface area contributed by atoms with Crippen molar-refractivity contribution in [2.24, 2.45) is 5.92 Å². The van der Waals surface area contributed by atoms with Crippen LogP contribution in [0.3, 0.4) is 0 Å². The Morgan fingerprint density at radius 3 is 2.31 bits per heavy atom.